The fourth-order valence-corrected chi connectivity index (χ4v) is 4.74. The molecule has 0 radical (unpaired) electrons. The van der Waals surface area contributed by atoms with Crippen molar-refractivity contribution in [3.63, 3.8) is 0 Å². The minimum atomic E-state index is -4.10. The highest BCUT2D eigenvalue weighted by atomic mass is 32.2. The molecule has 8 nitrogen and oxygen atoms in total. The normalized spacial score (nSPS) is 17.8. The van der Waals surface area contributed by atoms with Crippen molar-refractivity contribution in [2.45, 2.75) is 17.1 Å². The molecule has 0 unspecified atom stereocenters. The summed E-state index contributed by atoms with van der Waals surface area (Å²) in [6, 6.07) is 16.7. The van der Waals surface area contributed by atoms with E-state index in [1.807, 2.05) is 24.3 Å². The first-order valence-electron chi connectivity index (χ1n) is 9.56. The number of fused-ring (bicyclic) bond motifs is 1. The fraction of sp³-hybridized carbons (Fsp3) is 0.136. The number of carbonyl (C=O) groups excluding carboxylic acids is 1. The maximum absolute atomic E-state index is 12.9. The van der Waals surface area contributed by atoms with Gasteiger partial charge in [-0.05, 0) is 48.0 Å². The minimum Gasteiger partial charge on any atom is -0.497 e. The number of carbonyl (C=O) groups is 1. The summed E-state index contributed by atoms with van der Waals surface area (Å²) in [6.45, 7) is 1.77. The summed E-state index contributed by atoms with van der Waals surface area (Å²) >= 11 is 1.27. The lowest BCUT2D eigenvalue weighted by Gasteiger charge is -2.12. The first-order chi connectivity index (χ1) is 15.4. The van der Waals surface area contributed by atoms with E-state index < -0.39 is 10.1 Å². The van der Waals surface area contributed by atoms with Crippen LogP contribution in [0.3, 0.4) is 0 Å². The molecule has 164 valence electrons. The Balaban J connectivity index is 1.70. The van der Waals surface area contributed by atoms with Gasteiger partial charge in [-0.25, -0.2) is 0 Å². The quantitative estimate of drug-likeness (QED) is 0.336. The number of hydrogen-bond acceptors (Lipinski definition) is 8. The molecule has 3 aromatic carbocycles. The SMILES string of the molecule is COc1ccc(S(=O)(=O)Oc2ccc3ccccc3c2/C=N\N=C2\NC(=O)[C@@H](C)S2)cc1. The van der Waals surface area contributed by atoms with E-state index in [1.54, 1.807) is 31.2 Å². The third-order valence-electron chi connectivity index (χ3n) is 4.70. The number of thioether (sulfide) groups is 1. The van der Waals surface area contributed by atoms with Crippen molar-refractivity contribution in [3.05, 3.63) is 66.2 Å². The van der Waals surface area contributed by atoms with Crippen molar-refractivity contribution in [1.29, 1.82) is 0 Å². The average Bonchev–Trinajstić information content (AvgIpc) is 3.12. The first kappa shape index (κ1) is 21.8. The largest absolute Gasteiger partial charge is 0.497 e. The second kappa shape index (κ2) is 9.01. The zero-order valence-electron chi connectivity index (χ0n) is 17.2. The molecule has 1 heterocycles. The standard InChI is InChI=1S/C22H19N3O5S2/c1-14-21(26)24-22(31-14)25-23-13-19-18-6-4-3-5-15(18)7-12-20(19)30-32(27,28)17-10-8-16(29-2)9-11-17/h3-14H,1-2H3,(H,24,25,26)/b23-13-/t14-/m1/s1. The summed E-state index contributed by atoms with van der Waals surface area (Å²) < 4.78 is 36.3. The van der Waals surface area contributed by atoms with Crippen molar-refractivity contribution in [3.8, 4) is 11.5 Å². The van der Waals surface area contributed by atoms with E-state index in [1.165, 1.54) is 37.2 Å². The molecule has 1 aliphatic heterocycles. The van der Waals surface area contributed by atoms with Gasteiger partial charge >= 0.3 is 10.1 Å². The summed E-state index contributed by atoms with van der Waals surface area (Å²) in [5.74, 6) is 0.511. The van der Waals surface area contributed by atoms with Crippen molar-refractivity contribution in [2.24, 2.45) is 10.2 Å². The summed E-state index contributed by atoms with van der Waals surface area (Å²) in [7, 11) is -2.60. The van der Waals surface area contributed by atoms with E-state index in [0.29, 0.717) is 16.5 Å². The molecule has 1 amide bonds. The number of ether oxygens (including phenoxy) is 1. The van der Waals surface area contributed by atoms with E-state index in [0.717, 1.165) is 10.8 Å². The Hall–Kier alpha value is -3.37. The highest BCUT2D eigenvalue weighted by molar-refractivity contribution is 8.15. The lowest BCUT2D eigenvalue weighted by Crippen LogP contribution is -2.23. The van der Waals surface area contributed by atoms with Gasteiger partial charge < -0.3 is 14.2 Å². The molecule has 3 aromatic rings. The third kappa shape index (κ3) is 4.61. The smallest absolute Gasteiger partial charge is 0.339 e. The predicted octanol–water partition coefficient (Wildman–Crippen LogP) is 3.56. The molecule has 1 fully saturated rings. The summed E-state index contributed by atoms with van der Waals surface area (Å²) in [4.78, 5) is 11.6. The van der Waals surface area contributed by atoms with Crippen LogP contribution in [0.4, 0.5) is 0 Å². The topological polar surface area (TPSA) is 106 Å². The Morgan fingerprint density at radius 3 is 2.50 bits per heavy atom. The van der Waals surface area contributed by atoms with E-state index >= 15 is 0 Å². The molecule has 0 spiro atoms. The van der Waals surface area contributed by atoms with E-state index in [-0.39, 0.29) is 21.8 Å². The maximum Gasteiger partial charge on any atom is 0.339 e. The van der Waals surface area contributed by atoms with Crippen LogP contribution in [0, 0.1) is 0 Å². The Morgan fingerprint density at radius 1 is 1.06 bits per heavy atom. The summed E-state index contributed by atoms with van der Waals surface area (Å²) in [6.07, 6.45) is 1.42. The molecule has 32 heavy (non-hydrogen) atoms. The van der Waals surface area contributed by atoms with Gasteiger partial charge in [-0.2, -0.15) is 13.5 Å². The van der Waals surface area contributed by atoms with Gasteiger partial charge in [0.15, 0.2) is 10.9 Å². The lowest BCUT2D eigenvalue weighted by molar-refractivity contribution is -0.118. The van der Waals surface area contributed by atoms with E-state index in [9.17, 15) is 13.2 Å². The Kier molecular flexibility index (Phi) is 6.15. The van der Waals surface area contributed by atoms with Gasteiger partial charge in [-0.1, -0.05) is 42.1 Å². The van der Waals surface area contributed by atoms with Crippen molar-refractivity contribution in [2.75, 3.05) is 7.11 Å². The van der Waals surface area contributed by atoms with Crippen LogP contribution in [-0.4, -0.2) is 38.1 Å². The minimum absolute atomic E-state index is 0.00588. The highest BCUT2D eigenvalue weighted by Crippen LogP contribution is 2.30. The van der Waals surface area contributed by atoms with Crippen LogP contribution in [0.25, 0.3) is 10.8 Å². The van der Waals surface area contributed by atoms with E-state index in [4.69, 9.17) is 8.92 Å². The molecule has 0 aliphatic carbocycles. The van der Waals surface area contributed by atoms with E-state index in [2.05, 4.69) is 15.5 Å². The fourth-order valence-electron chi connectivity index (χ4n) is 3.04. The summed E-state index contributed by atoms with van der Waals surface area (Å²) in [5, 5.41) is 12.5. The number of amides is 1. The Bertz CT molecular complexity index is 1340. The predicted molar refractivity (Wildman–Crippen MR) is 125 cm³/mol. The number of methoxy groups -OCH3 is 1. The van der Waals surface area contributed by atoms with Crippen LogP contribution in [0.1, 0.15) is 12.5 Å². The zero-order valence-corrected chi connectivity index (χ0v) is 18.8. The maximum atomic E-state index is 12.9. The van der Waals surface area contributed by atoms with Crippen LogP contribution in [-0.2, 0) is 14.9 Å². The van der Waals surface area contributed by atoms with Gasteiger partial charge in [0.1, 0.15) is 10.6 Å². The monoisotopic (exact) mass is 469 g/mol. The molecule has 1 atom stereocenters. The second-order valence-electron chi connectivity index (χ2n) is 6.81. The zero-order chi connectivity index (χ0) is 22.7. The molecular weight excluding hydrogens is 450 g/mol. The van der Waals surface area contributed by atoms with Gasteiger partial charge in [0.2, 0.25) is 5.91 Å². The number of hydrogen-bond donors (Lipinski definition) is 1. The molecule has 10 heteroatoms. The Morgan fingerprint density at radius 2 is 1.81 bits per heavy atom. The van der Waals surface area contributed by atoms with Crippen molar-refractivity contribution >= 4 is 49.9 Å². The molecule has 1 N–H and O–H groups in total. The van der Waals surface area contributed by atoms with Gasteiger partial charge in [-0.15, -0.1) is 5.10 Å². The van der Waals surface area contributed by atoms with Crippen LogP contribution < -0.4 is 14.2 Å². The highest BCUT2D eigenvalue weighted by Gasteiger charge is 2.25. The van der Waals surface area contributed by atoms with Crippen molar-refractivity contribution in [1.82, 2.24) is 5.32 Å². The van der Waals surface area contributed by atoms with Gasteiger partial charge in [-0.3, -0.25) is 4.79 Å². The number of amidine groups is 1. The molecule has 1 aliphatic rings. The second-order valence-corrected chi connectivity index (χ2v) is 9.69. The van der Waals surface area contributed by atoms with Crippen LogP contribution in [0.15, 0.2) is 75.8 Å². The lowest BCUT2D eigenvalue weighted by atomic mass is 10.0. The Labute approximate surface area is 189 Å². The van der Waals surface area contributed by atoms with Crippen LogP contribution >= 0.6 is 11.8 Å². The number of nitrogens with one attached hydrogen (secondary N) is 1. The van der Waals surface area contributed by atoms with Gasteiger partial charge in [0.05, 0.1) is 18.6 Å². The molecule has 4 rings (SSSR count). The first-order valence-corrected chi connectivity index (χ1v) is 11.8. The van der Waals surface area contributed by atoms with Crippen LogP contribution in [0.5, 0.6) is 11.5 Å². The van der Waals surface area contributed by atoms with Crippen molar-refractivity contribution < 1.29 is 22.1 Å². The van der Waals surface area contributed by atoms with Crippen LogP contribution in [0.2, 0.25) is 0 Å². The van der Waals surface area contributed by atoms with Gasteiger partial charge in [0, 0.05) is 5.56 Å². The molecule has 0 bridgehead atoms. The third-order valence-corrected chi connectivity index (χ3v) is 6.92. The average molecular weight is 470 g/mol. The number of nitrogens with zero attached hydrogens (tertiary/aromatic N) is 2. The summed E-state index contributed by atoms with van der Waals surface area (Å²) in [5.41, 5.74) is 0.451. The number of rotatable bonds is 6. The molecule has 1 saturated heterocycles. The van der Waals surface area contributed by atoms with Gasteiger partial charge in [0.25, 0.3) is 0 Å². The molecule has 0 aromatic heterocycles. The number of benzene rings is 3. The molecular formula is C22H19N3O5S2. The molecule has 0 saturated carbocycles.